The van der Waals surface area contributed by atoms with Crippen molar-refractivity contribution in [2.24, 2.45) is 22.7 Å². The number of aromatic nitrogens is 2. The molecule has 2 aromatic heterocycles. The summed E-state index contributed by atoms with van der Waals surface area (Å²) >= 11 is 1.38. The van der Waals surface area contributed by atoms with E-state index in [9.17, 15) is 9.59 Å². The van der Waals surface area contributed by atoms with Crippen LogP contribution in [0.25, 0.3) is 0 Å². The molecule has 0 aromatic carbocycles. The summed E-state index contributed by atoms with van der Waals surface area (Å²) in [4.78, 5) is 39.9. The predicted octanol–water partition coefficient (Wildman–Crippen LogP) is 4.16. The Morgan fingerprint density at radius 1 is 1.18 bits per heavy atom. The van der Waals surface area contributed by atoms with Gasteiger partial charge in [0.1, 0.15) is 4.88 Å². The van der Waals surface area contributed by atoms with E-state index in [-0.39, 0.29) is 40.6 Å². The summed E-state index contributed by atoms with van der Waals surface area (Å²) in [7, 11) is 0. The molecule has 6 rings (SSSR count). The molecule has 1 spiro atoms. The van der Waals surface area contributed by atoms with Crippen LogP contribution in [-0.4, -0.2) is 77.6 Å². The van der Waals surface area contributed by atoms with E-state index in [0.717, 1.165) is 43.9 Å². The topological polar surface area (TPSA) is 84.9 Å². The first-order valence-corrected chi connectivity index (χ1v) is 14.8. The summed E-state index contributed by atoms with van der Waals surface area (Å²) in [6.07, 6.45) is 4.48. The van der Waals surface area contributed by atoms with Crippen LogP contribution in [0.5, 0.6) is 0 Å². The summed E-state index contributed by atoms with van der Waals surface area (Å²) in [5, 5.41) is 0. The molecule has 4 aliphatic rings. The van der Waals surface area contributed by atoms with Gasteiger partial charge in [0.05, 0.1) is 30.1 Å². The fraction of sp³-hybridized carbons (Fsp3) is 0.655. The lowest BCUT2D eigenvalue weighted by atomic mass is 9.71. The molecule has 2 aromatic rings. The Balaban J connectivity index is 1.13. The number of nitrogens with zero attached hydrogens (tertiary/aromatic N) is 4. The van der Waals surface area contributed by atoms with Crippen LogP contribution in [0.4, 0.5) is 0 Å². The van der Waals surface area contributed by atoms with E-state index in [0.29, 0.717) is 43.6 Å². The lowest BCUT2D eigenvalue weighted by Gasteiger charge is -2.51. The predicted molar refractivity (Wildman–Crippen MR) is 144 cm³/mol. The Morgan fingerprint density at radius 3 is 2.61 bits per heavy atom. The van der Waals surface area contributed by atoms with E-state index in [2.05, 4.69) is 37.9 Å². The smallest absolute Gasteiger partial charge is 0.265 e. The molecule has 3 aliphatic heterocycles. The number of carbonyl (C=O) groups is 2. The molecule has 9 heteroatoms. The van der Waals surface area contributed by atoms with Crippen LogP contribution >= 0.6 is 11.3 Å². The van der Waals surface area contributed by atoms with Gasteiger partial charge in [-0.3, -0.25) is 19.6 Å². The molecule has 5 heterocycles. The highest BCUT2D eigenvalue weighted by atomic mass is 32.1. The quantitative estimate of drug-likeness (QED) is 0.527. The van der Waals surface area contributed by atoms with E-state index < -0.39 is 0 Å². The molecule has 4 fully saturated rings. The maximum Gasteiger partial charge on any atom is 0.265 e. The van der Waals surface area contributed by atoms with Gasteiger partial charge in [-0.25, -0.2) is 0 Å². The van der Waals surface area contributed by atoms with E-state index >= 15 is 0 Å². The van der Waals surface area contributed by atoms with Crippen molar-refractivity contribution in [3.63, 3.8) is 0 Å². The van der Waals surface area contributed by atoms with Crippen molar-refractivity contribution >= 4 is 23.2 Å². The molecule has 1 unspecified atom stereocenters. The van der Waals surface area contributed by atoms with Crippen LogP contribution in [-0.2, 0) is 14.3 Å². The van der Waals surface area contributed by atoms with Gasteiger partial charge in [-0.05, 0) is 43.7 Å². The second-order valence-corrected chi connectivity index (χ2v) is 13.3. The van der Waals surface area contributed by atoms with Crippen LogP contribution in [0.15, 0.2) is 29.9 Å². The van der Waals surface area contributed by atoms with Gasteiger partial charge in [0.25, 0.3) is 5.91 Å². The lowest BCUT2D eigenvalue weighted by Crippen LogP contribution is -2.63. The standard InChI is InChI=1S/C29H38N4O4S/c1-19(23-5-4-6-24(31-23)20-7-9-36-10-8-20)37-14-21-13-32(27(35)25-12-30-18-38-25)15-29(21)16-33(17-29)26(34)22-11-28(22,2)3/h4-6,12,18-22H,7-11,13-17H2,1-3H3/t19?,21-,22+/m0/s1. The van der Waals surface area contributed by atoms with E-state index in [1.54, 1.807) is 11.7 Å². The average molecular weight is 539 g/mol. The Kier molecular flexibility index (Phi) is 6.81. The molecule has 0 bridgehead atoms. The number of carbonyl (C=O) groups excluding carboxylic acids is 2. The zero-order valence-electron chi connectivity index (χ0n) is 22.6. The van der Waals surface area contributed by atoms with E-state index in [4.69, 9.17) is 14.5 Å². The largest absolute Gasteiger partial charge is 0.381 e. The Morgan fingerprint density at radius 2 is 1.92 bits per heavy atom. The fourth-order valence-corrected chi connectivity index (χ4v) is 7.08. The number of amides is 2. The highest BCUT2D eigenvalue weighted by Crippen LogP contribution is 2.54. The molecular weight excluding hydrogens is 500 g/mol. The molecule has 0 radical (unpaired) electrons. The molecule has 3 atom stereocenters. The van der Waals surface area contributed by atoms with Crippen LogP contribution in [0, 0.1) is 22.7 Å². The van der Waals surface area contributed by atoms with Gasteiger partial charge >= 0.3 is 0 Å². The minimum atomic E-state index is -0.150. The van der Waals surface area contributed by atoms with Gasteiger partial charge in [-0.15, -0.1) is 11.3 Å². The maximum absolute atomic E-state index is 13.2. The number of rotatable bonds is 7. The van der Waals surface area contributed by atoms with Gasteiger partial charge in [0, 0.05) is 68.3 Å². The summed E-state index contributed by atoms with van der Waals surface area (Å²) in [5.41, 5.74) is 3.76. The Bertz CT molecular complexity index is 1170. The third-order valence-corrected chi connectivity index (χ3v) is 10.0. The molecule has 2 amide bonds. The summed E-state index contributed by atoms with van der Waals surface area (Å²) in [5.74, 6) is 1.04. The summed E-state index contributed by atoms with van der Waals surface area (Å²) in [6.45, 7) is 11.2. The highest BCUT2D eigenvalue weighted by Gasteiger charge is 2.60. The summed E-state index contributed by atoms with van der Waals surface area (Å²) in [6, 6.07) is 6.23. The third-order valence-electron chi connectivity index (χ3n) is 9.27. The minimum Gasteiger partial charge on any atom is -0.381 e. The van der Waals surface area contributed by atoms with Crippen molar-refractivity contribution in [2.75, 3.05) is 46.0 Å². The Labute approximate surface area is 228 Å². The molecule has 1 aliphatic carbocycles. The van der Waals surface area contributed by atoms with Crippen LogP contribution < -0.4 is 0 Å². The minimum absolute atomic E-state index is 0.0290. The zero-order chi connectivity index (χ0) is 26.5. The van der Waals surface area contributed by atoms with Gasteiger partial charge in [0.15, 0.2) is 0 Å². The molecule has 8 nitrogen and oxygen atoms in total. The molecule has 3 saturated heterocycles. The number of thiazole rings is 1. The monoisotopic (exact) mass is 538 g/mol. The number of likely N-dealkylation sites (tertiary alicyclic amines) is 2. The van der Waals surface area contributed by atoms with Crippen LogP contribution in [0.3, 0.4) is 0 Å². The second-order valence-electron chi connectivity index (χ2n) is 12.4. The van der Waals surface area contributed by atoms with E-state index in [1.165, 1.54) is 11.3 Å². The first-order chi connectivity index (χ1) is 18.3. The SMILES string of the molecule is CC(OC[C@@H]1CN(C(=O)c2cncs2)CC12CN(C(=O)[C@H]1CC1(C)C)C2)c1cccc(C2CCOCC2)n1. The average Bonchev–Trinajstić information content (AvgIpc) is 3.28. The van der Waals surface area contributed by atoms with E-state index in [1.807, 2.05) is 15.9 Å². The number of ether oxygens (including phenoxy) is 2. The third kappa shape index (κ3) is 4.89. The number of hydrogen-bond donors (Lipinski definition) is 0. The molecule has 1 saturated carbocycles. The van der Waals surface area contributed by atoms with Crippen LogP contribution in [0.1, 0.15) is 73.1 Å². The maximum atomic E-state index is 13.2. The van der Waals surface area contributed by atoms with Crippen molar-refractivity contribution in [1.82, 2.24) is 19.8 Å². The normalized spacial score (nSPS) is 26.8. The molecule has 38 heavy (non-hydrogen) atoms. The number of hydrogen-bond acceptors (Lipinski definition) is 7. The molecule has 204 valence electrons. The fourth-order valence-electron chi connectivity index (χ4n) is 6.49. The van der Waals surface area contributed by atoms with Crippen molar-refractivity contribution in [2.45, 2.75) is 52.1 Å². The molecule has 0 N–H and O–H groups in total. The van der Waals surface area contributed by atoms with Crippen molar-refractivity contribution in [3.05, 3.63) is 46.2 Å². The van der Waals surface area contributed by atoms with Gasteiger partial charge in [0.2, 0.25) is 5.91 Å². The second kappa shape index (κ2) is 9.99. The van der Waals surface area contributed by atoms with Crippen molar-refractivity contribution in [3.8, 4) is 0 Å². The van der Waals surface area contributed by atoms with Gasteiger partial charge < -0.3 is 19.3 Å². The van der Waals surface area contributed by atoms with Crippen molar-refractivity contribution in [1.29, 1.82) is 0 Å². The van der Waals surface area contributed by atoms with Gasteiger partial charge in [-0.1, -0.05) is 19.9 Å². The molecular formula is C29H38N4O4S. The first kappa shape index (κ1) is 25.9. The highest BCUT2D eigenvalue weighted by molar-refractivity contribution is 7.11. The Hall–Kier alpha value is -2.36. The van der Waals surface area contributed by atoms with Crippen LogP contribution in [0.2, 0.25) is 0 Å². The summed E-state index contributed by atoms with van der Waals surface area (Å²) < 4.78 is 12.0. The zero-order valence-corrected chi connectivity index (χ0v) is 23.4. The number of pyridine rings is 1. The van der Waals surface area contributed by atoms with Crippen molar-refractivity contribution < 1.29 is 19.1 Å². The van der Waals surface area contributed by atoms with Gasteiger partial charge in [-0.2, -0.15) is 0 Å². The lowest BCUT2D eigenvalue weighted by molar-refractivity contribution is -0.149. The first-order valence-electron chi connectivity index (χ1n) is 13.9.